The molecular formula is C26H40N2O. The van der Waals surface area contributed by atoms with Crippen LogP contribution in [0.1, 0.15) is 103 Å². The van der Waals surface area contributed by atoms with Crippen LogP contribution in [0.4, 0.5) is 0 Å². The van der Waals surface area contributed by atoms with Gasteiger partial charge in [0.1, 0.15) is 5.69 Å². The summed E-state index contributed by atoms with van der Waals surface area (Å²) in [6.07, 6.45) is 27.9. The Balaban J connectivity index is 1.38. The normalized spacial score (nSPS) is 11.5. The van der Waals surface area contributed by atoms with E-state index in [1.54, 1.807) is 12.4 Å². The lowest BCUT2D eigenvalue weighted by atomic mass is 10.1. The molecule has 0 saturated carbocycles. The summed E-state index contributed by atoms with van der Waals surface area (Å²) in [5.41, 5.74) is 0.854. The van der Waals surface area contributed by atoms with E-state index in [2.05, 4.69) is 29.0 Å². The van der Waals surface area contributed by atoms with Crippen LogP contribution in [-0.2, 0) is 6.42 Å². The lowest BCUT2D eigenvalue weighted by Crippen LogP contribution is -1.86. The van der Waals surface area contributed by atoms with Crippen molar-refractivity contribution < 1.29 is 4.42 Å². The third kappa shape index (κ3) is 11.0. The van der Waals surface area contributed by atoms with Gasteiger partial charge in [0.15, 0.2) is 11.7 Å². The monoisotopic (exact) mass is 396 g/mol. The van der Waals surface area contributed by atoms with Gasteiger partial charge in [-0.1, -0.05) is 82.9 Å². The molecule has 0 aliphatic carbocycles. The Morgan fingerprint density at radius 3 is 2.07 bits per heavy atom. The van der Waals surface area contributed by atoms with E-state index >= 15 is 0 Å². The van der Waals surface area contributed by atoms with Gasteiger partial charge in [-0.2, -0.15) is 0 Å². The predicted molar refractivity (Wildman–Crippen MR) is 123 cm³/mol. The molecule has 3 heteroatoms. The van der Waals surface area contributed by atoms with Crippen LogP contribution < -0.4 is 0 Å². The van der Waals surface area contributed by atoms with Crippen LogP contribution in [0.5, 0.6) is 0 Å². The highest BCUT2D eigenvalue weighted by atomic mass is 16.4. The molecule has 2 rings (SSSR count). The van der Waals surface area contributed by atoms with E-state index in [0.29, 0.717) is 0 Å². The Morgan fingerprint density at radius 1 is 0.759 bits per heavy atom. The van der Waals surface area contributed by atoms with Gasteiger partial charge in [-0.05, 0) is 44.2 Å². The maximum atomic E-state index is 5.81. The van der Waals surface area contributed by atoms with Crippen molar-refractivity contribution in [2.24, 2.45) is 0 Å². The first-order chi connectivity index (χ1) is 14.4. The maximum Gasteiger partial charge on any atom is 0.194 e. The molecule has 0 aliphatic heterocycles. The van der Waals surface area contributed by atoms with Gasteiger partial charge in [-0.25, -0.2) is 4.98 Å². The predicted octanol–water partition coefficient (Wildman–Crippen LogP) is 8.32. The zero-order chi connectivity index (χ0) is 20.4. The number of aromatic nitrogens is 2. The molecule has 29 heavy (non-hydrogen) atoms. The first-order valence-corrected chi connectivity index (χ1v) is 11.9. The molecule has 2 aromatic rings. The first kappa shape index (κ1) is 23.4. The number of aryl methyl sites for hydroxylation is 1. The summed E-state index contributed by atoms with van der Waals surface area (Å²) in [5, 5.41) is 0. The second kappa shape index (κ2) is 16.0. The minimum atomic E-state index is 0.769. The van der Waals surface area contributed by atoms with Crippen LogP contribution in [0, 0.1) is 0 Å². The molecule has 0 radical (unpaired) electrons. The SMILES string of the molecule is CCCCCCCCC=CCCCCCCCCc1ncc(-c2ccccn2)o1. The van der Waals surface area contributed by atoms with Crippen LogP contribution in [0.25, 0.3) is 11.5 Å². The van der Waals surface area contributed by atoms with Crippen LogP contribution >= 0.6 is 0 Å². The molecule has 0 amide bonds. The average molecular weight is 397 g/mol. The summed E-state index contributed by atoms with van der Waals surface area (Å²) in [4.78, 5) is 8.69. The zero-order valence-electron chi connectivity index (χ0n) is 18.5. The Hall–Kier alpha value is -1.90. The average Bonchev–Trinajstić information content (AvgIpc) is 3.23. The Kier molecular flexibility index (Phi) is 12.9. The van der Waals surface area contributed by atoms with Gasteiger partial charge in [-0.15, -0.1) is 0 Å². The Bertz CT molecular complexity index is 648. The number of rotatable bonds is 17. The molecule has 0 unspecified atom stereocenters. The zero-order valence-corrected chi connectivity index (χ0v) is 18.5. The van der Waals surface area contributed by atoms with Crippen molar-refractivity contribution in [1.29, 1.82) is 0 Å². The summed E-state index contributed by atoms with van der Waals surface area (Å²) in [6, 6.07) is 5.83. The first-order valence-electron chi connectivity index (χ1n) is 11.9. The standard InChI is InChI=1S/C26H40N2O/c1-2-3-4-5-6-7-8-9-10-11-12-13-14-15-16-17-21-26-28-23-25(29-26)24-20-18-19-22-27-24/h9-10,18-20,22-23H,2-8,11-17,21H2,1H3. The van der Waals surface area contributed by atoms with Gasteiger partial charge in [0.25, 0.3) is 0 Å². The summed E-state index contributed by atoms with van der Waals surface area (Å²) in [6.45, 7) is 2.28. The third-order valence-corrected chi connectivity index (χ3v) is 5.37. The number of hydrogen-bond acceptors (Lipinski definition) is 3. The minimum Gasteiger partial charge on any atom is -0.439 e. The number of oxazole rings is 1. The van der Waals surface area contributed by atoms with Crippen molar-refractivity contribution >= 4 is 0 Å². The molecule has 3 nitrogen and oxygen atoms in total. The number of hydrogen-bond donors (Lipinski definition) is 0. The molecule has 0 aliphatic rings. The summed E-state index contributed by atoms with van der Waals surface area (Å²) in [5.74, 6) is 1.60. The summed E-state index contributed by atoms with van der Waals surface area (Å²) < 4.78 is 5.81. The lowest BCUT2D eigenvalue weighted by Gasteiger charge is -2.00. The Morgan fingerprint density at radius 2 is 1.41 bits per heavy atom. The quantitative estimate of drug-likeness (QED) is 0.199. The second-order valence-corrected chi connectivity index (χ2v) is 8.02. The molecule has 2 aromatic heterocycles. The second-order valence-electron chi connectivity index (χ2n) is 8.02. The molecule has 0 N–H and O–H groups in total. The highest BCUT2D eigenvalue weighted by molar-refractivity contribution is 5.49. The molecule has 0 aromatic carbocycles. The largest absolute Gasteiger partial charge is 0.439 e. The highest BCUT2D eigenvalue weighted by Crippen LogP contribution is 2.19. The third-order valence-electron chi connectivity index (χ3n) is 5.37. The van der Waals surface area contributed by atoms with Crippen molar-refractivity contribution in [3.05, 3.63) is 48.6 Å². The molecule has 0 spiro atoms. The number of pyridine rings is 1. The van der Waals surface area contributed by atoms with Gasteiger partial charge in [0, 0.05) is 12.6 Å². The van der Waals surface area contributed by atoms with E-state index in [0.717, 1.165) is 30.2 Å². The molecular weight excluding hydrogens is 356 g/mol. The topological polar surface area (TPSA) is 38.9 Å². The fourth-order valence-corrected chi connectivity index (χ4v) is 3.58. The highest BCUT2D eigenvalue weighted by Gasteiger charge is 2.06. The maximum absolute atomic E-state index is 5.81. The number of allylic oxidation sites excluding steroid dienone is 2. The van der Waals surface area contributed by atoms with Gasteiger partial charge < -0.3 is 4.42 Å². The van der Waals surface area contributed by atoms with Crippen LogP contribution in [0.3, 0.4) is 0 Å². The Labute approximate surface area is 178 Å². The van der Waals surface area contributed by atoms with Crippen LogP contribution in [-0.4, -0.2) is 9.97 Å². The van der Waals surface area contributed by atoms with Gasteiger partial charge >= 0.3 is 0 Å². The molecule has 0 saturated heterocycles. The van der Waals surface area contributed by atoms with Crippen molar-refractivity contribution in [3.63, 3.8) is 0 Å². The molecule has 160 valence electrons. The fourth-order valence-electron chi connectivity index (χ4n) is 3.58. The summed E-state index contributed by atoms with van der Waals surface area (Å²) >= 11 is 0. The molecule has 2 heterocycles. The smallest absolute Gasteiger partial charge is 0.194 e. The van der Waals surface area contributed by atoms with Gasteiger partial charge in [-0.3, -0.25) is 4.98 Å². The van der Waals surface area contributed by atoms with Crippen molar-refractivity contribution in [1.82, 2.24) is 9.97 Å². The van der Waals surface area contributed by atoms with Crippen molar-refractivity contribution in [2.45, 2.75) is 103 Å². The fraction of sp³-hybridized carbons (Fsp3) is 0.615. The number of nitrogens with zero attached hydrogens (tertiary/aromatic N) is 2. The van der Waals surface area contributed by atoms with Gasteiger partial charge in [0.05, 0.1) is 6.20 Å². The minimum absolute atomic E-state index is 0.769. The molecule has 0 bridgehead atoms. The van der Waals surface area contributed by atoms with E-state index in [1.165, 1.54) is 83.5 Å². The van der Waals surface area contributed by atoms with Crippen molar-refractivity contribution in [3.8, 4) is 11.5 Å². The van der Waals surface area contributed by atoms with Crippen LogP contribution in [0.15, 0.2) is 47.2 Å². The molecule has 0 fully saturated rings. The van der Waals surface area contributed by atoms with Crippen molar-refractivity contribution in [2.75, 3.05) is 0 Å². The van der Waals surface area contributed by atoms with E-state index in [-0.39, 0.29) is 0 Å². The lowest BCUT2D eigenvalue weighted by molar-refractivity contribution is 0.486. The number of unbranched alkanes of at least 4 members (excludes halogenated alkanes) is 12. The van der Waals surface area contributed by atoms with E-state index in [9.17, 15) is 0 Å². The van der Waals surface area contributed by atoms with Crippen LogP contribution in [0.2, 0.25) is 0 Å². The summed E-state index contributed by atoms with van der Waals surface area (Å²) in [7, 11) is 0. The molecule has 0 atom stereocenters. The van der Waals surface area contributed by atoms with Gasteiger partial charge in [0.2, 0.25) is 0 Å². The van der Waals surface area contributed by atoms with E-state index in [4.69, 9.17) is 4.42 Å². The van der Waals surface area contributed by atoms with E-state index < -0.39 is 0 Å². The van der Waals surface area contributed by atoms with E-state index in [1.807, 2.05) is 18.2 Å².